The molecule has 3 heterocycles. The Labute approximate surface area is 169 Å². The van der Waals surface area contributed by atoms with Gasteiger partial charge in [0.25, 0.3) is 5.56 Å². The van der Waals surface area contributed by atoms with E-state index in [1.165, 1.54) is 38.2 Å². The van der Waals surface area contributed by atoms with E-state index >= 15 is 0 Å². The molecule has 3 aromatic heterocycles. The Balaban J connectivity index is 1.45. The lowest BCUT2D eigenvalue weighted by Crippen LogP contribution is -2.16. The number of ether oxygens (including phenoxy) is 1. The maximum Gasteiger partial charge on any atom is 0.258 e. The van der Waals surface area contributed by atoms with Crippen LogP contribution in [0, 0.1) is 13.8 Å². The molecule has 0 unspecified atom stereocenters. The molecule has 8 nitrogen and oxygen atoms in total. The predicted molar refractivity (Wildman–Crippen MR) is 109 cm³/mol. The number of fused-ring (bicyclic) bond motifs is 1. The van der Waals surface area contributed by atoms with Crippen LogP contribution in [0.3, 0.4) is 0 Å². The minimum atomic E-state index is -0.0984. The SMILES string of the molecule is Cc1cccc(C)c1OCc1nnc(SCc2cc(=O)n3ccsc3n2)n1N. The molecule has 4 rings (SSSR count). The third kappa shape index (κ3) is 3.60. The molecule has 144 valence electrons. The second-order valence-corrected chi connectivity index (χ2v) is 8.02. The first-order chi connectivity index (χ1) is 13.5. The van der Waals surface area contributed by atoms with E-state index in [1.54, 1.807) is 6.20 Å². The Kier molecular flexibility index (Phi) is 5.05. The molecule has 1 aromatic carbocycles. The minimum Gasteiger partial charge on any atom is -0.485 e. The van der Waals surface area contributed by atoms with Crippen molar-refractivity contribution in [2.45, 2.75) is 31.4 Å². The number of nitrogens with two attached hydrogens (primary N) is 1. The lowest BCUT2D eigenvalue weighted by Gasteiger charge is -2.11. The van der Waals surface area contributed by atoms with Crippen LogP contribution >= 0.6 is 23.1 Å². The largest absolute Gasteiger partial charge is 0.485 e. The Morgan fingerprint density at radius 2 is 2.04 bits per heavy atom. The molecule has 0 aliphatic carbocycles. The number of benzene rings is 1. The molecule has 28 heavy (non-hydrogen) atoms. The van der Waals surface area contributed by atoms with Gasteiger partial charge in [0.1, 0.15) is 12.4 Å². The molecule has 0 fully saturated rings. The smallest absolute Gasteiger partial charge is 0.258 e. The van der Waals surface area contributed by atoms with Crippen molar-refractivity contribution >= 4 is 28.1 Å². The topological polar surface area (TPSA) is 100 Å². The molecular weight excluding hydrogens is 396 g/mol. The van der Waals surface area contributed by atoms with Gasteiger partial charge in [-0.05, 0) is 25.0 Å². The van der Waals surface area contributed by atoms with Gasteiger partial charge < -0.3 is 10.6 Å². The van der Waals surface area contributed by atoms with Crippen LogP contribution in [-0.2, 0) is 12.4 Å². The third-order valence-corrected chi connectivity index (χ3v) is 5.93. The van der Waals surface area contributed by atoms with Crippen molar-refractivity contribution in [3.8, 4) is 5.75 Å². The van der Waals surface area contributed by atoms with Gasteiger partial charge in [0.2, 0.25) is 5.16 Å². The molecule has 0 atom stereocenters. The van der Waals surface area contributed by atoms with E-state index in [-0.39, 0.29) is 12.2 Å². The van der Waals surface area contributed by atoms with Crippen LogP contribution in [0.15, 0.2) is 45.8 Å². The van der Waals surface area contributed by atoms with Crippen molar-refractivity contribution in [2.24, 2.45) is 0 Å². The predicted octanol–water partition coefficient (Wildman–Crippen LogP) is 2.55. The number of thioether (sulfide) groups is 1. The zero-order chi connectivity index (χ0) is 19.7. The van der Waals surface area contributed by atoms with Crippen LogP contribution in [0.25, 0.3) is 4.96 Å². The Bertz CT molecular complexity index is 1180. The van der Waals surface area contributed by atoms with Gasteiger partial charge in [0, 0.05) is 23.4 Å². The number of aromatic nitrogens is 5. The summed E-state index contributed by atoms with van der Waals surface area (Å²) in [7, 11) is 0. The first-order valence-corrected chi connectivity index (χ1v) is 10.4. The van der Waals surface area contributed by atoms with Crippen LogP contribution in [0.2, 0.25) is 0 Å². The van der Waals surface area contributed by atoms with Gasteiger partial charge in [0.15, 0.2) is 10.8 Å². The molecule has 4 aromatic rings. The second kappa shape index (κ2) is 7.64. The highest BCUT2D eigenvalue weighted by molar-refractivity contribution is 7.98. The van der Waals surface area contributed by atoms with E-state index in [9.17, 15) is 4.79 Å². The maximum atomic E-state index is 12.1. The molecule has 0 aliphatic heterocycles. The van der Waals surface area contributed by atoms with Gasteiger partial charge in [0.05, 0.1) is 5.69 Å². The minimum absolute atomic E-state index is 0.0984. The van der Waals surface area contributed by atoms with E-state index in [4.69, 9.17) is 10.6 Å². The van der Waals surface area contributed by atoms with Crippen molar-refractivity contribution in [2.75, 3.05) is 5.84 Å². The highest BCUT2D eigenvalue weighted by Gasteiger charge is 2.13. The number of hydrogen-bond donors (Lipinski definition) is 1. The number of nitrogens with zero attached hydrogens (tertiary/aromatic N) is 5. The molecule has 0 spiro atoms. The first kappa shape index (κ1) is 18.5. The van der Waals surface area contributed by atoms with Gasteiger partial charge in [-0.1, -0.05) is 30.0 Å². The van der Waals surface area contributed by atoms with Crippen LogP contribution in [0.1, 0.15) is 22.6 Å². The maximum absolute atomic E-state index is 12.1. The van der Waals surface area contributed by atoms with Crippen molar-refractivity contribution in [1.29, 1.82) is 0 Å². The fourth-order valence-electron chi connectivity index (χ4n) is 2.77. The summed E-state index contributed by atoms with van der Waals surface area (Å²) < 4.78 is 8.83. The Morgan fingerprint density at radius 1 is 1.25 bits per heavy atom. The fraction of sp³-hybridized carbons (Fsp3) is 0.222. The van der Waals surface area contributed by atoms with Gasteiger partial charge in [-0.25, -0.2) is 9.66 Å². The van der Waals surface area contributed by atoms with E-state index in [1.807, 2.05) is 37.4 Å². The van der Waals surface area contributed by atoms with E-state index < -0.39 is 0 Å². The molecule has 10 heteroatoms. The number of para-hydroxylation sites is 1. The third-order valence-electron chi connectivity index (χ3n) is 4.19. The van der Waals surface area contributed by atoms with E-state index in [0.717, 1.165) is 16.9 Å². The highest BCUT2D eigenvalue weighted by atomic mass is 32.2. The summed E-state index contributed by atoms with van der Waals surface area (Å²) in [5, 5.41) is 10.6. The number of thiazole rings is 1. The first-order valence-electron chi connectivity index (χ1n) is 8.50. The molecule has 0 bridgehead atoms. The lowest BCUT2D eigenvalue weighted by atomic mass is 10.1. The summed E-state index contributed by atoms with van der Waals surface area (Å²) >= 11 is 2.79. The van der Waals surface area contributed by atoms with Crippen molar-refractivity contribution in [3.05, 3.63) is 68.8 Å². The van der Waals surface area contributed by atoms with Gasteiger partial charge >= 0.3 is 0 Å². The van der Waals surface area contributed by atoms with Crippen molar-refractivity contribution in [3.63, 3.8) is 0 Å². The number of hydrogen-bond acceptors (Lipinski definition) is 8. The number of aryl methyl sites for hydroxylation is 2. The monoisotopic (exact) mass is 414 g/mol. The Morgan fingerprint density at radius 3 is 2.82 bits per heavy atom. The van der Waals surface area contributed by atoms with Crippen LogP contribution in [0.5, 0.6) is 5.75 Å². The summed E-state index contributed by atoms with van der Waals surface area (Å²) in [6, 6.07) is 7.51. The van der Waals surface area contributed by atoms with Gasteiger partial charge in [-0.15, -0.1) is 21.5 Å². The van der Waals surface area contributed by atoms with Crippen molar-refractivity contribution in [1.82, 2.24) is 24.3 Å². The van der Waals surface area contributed by atoms with Crippen molar-refractivity contribution < 1.29 is 4.74 Å². The van der Waals surface area contributed by atoms with Gasteiger partial charge in [-0.2, -0.15) is 0 Å². The average Bonchev–Trinajstić information content (AvgIpc) is 3.27. The summed E-state index contributed by atoms with van der Waals surface area (Å²) in [4.78, 5) is 17.2. The fourth-order valence-corrected chi connectivity index (χ4v) is 4.27. The zero-order valence-corrected chi connectivity index (χ0v) is 17.0. The van der Waals surface area contributed by atoms with Gasteiger partial charge in [-0.3, -0.25) is 9.20 Å². The van der Waals surface area contributed by atoms with E-state index in [2.05, 4.69) is 15.2 Å². The molecule has 0 aliphatic rings. The molecular formula is C18H18N6O2S2. The normalized spacial score (nSPS) is 11.2. The highest BCUT2D eigenvalue weighted by Crippen LogP contribution is 2.24. The molecule has 0 radical (unpaired) electrons. The molecule has 0 saturated carbocycles. The molecule has 0 amide bonds. The van der Waals surface area contributed by atoms with E-state index in [0.29, 0.717) is 27.4 Å². The molecule has 0 saturated heterocycles. The zero-order valence-electron chi connectivity index (χ0n) is 15.3. The quantitative estimate of drug-likeness (QED) is 0.382. The average molecular weight is 415 g/mol. The summed E-state index contributed by atoms with van der Waals surface area (Å²) in [5.74, 6) is 7.93. The second-order valence-electron chi connectivity index (χ2n) is 6.21. The van der Waals surface area contributed by atoms with Crippen LogP contribution in [0.4, 0.5) is 0 Å². The van der Waals surface area contributed by atoms with Crippen LogP contribution < -0.4 is 16.1 Å². The van der Waals surface area contributed by atoms with Crippen LogP contribution in [-0.4, -0.2) is 24.3 Å². The lowest BCUT2D eigenvalue weighted by molar-refractivity contribution is 0.288. The number of nitrogen functional groups attached to an aromatic ring is 1. The summed E-state index contributed by atoms with van der Waals surface area (Å²) in [6.07, 6.45) is 1.71. The standard InChI is InChI=1S/C18H18N6O2S2/c1-11-4-3-5-12(2)16(11)26-9-14-21-22-18(24(14)19)28-10-13-8-15(25)23-6-7-27-17(23)20-13/h3-8H,9-10,19H2,1-2H3. The summed E-state index contributed by atoms with van der Waals surface area (Å²) in [5.41, 5.74) is 2.69. The molecule has 2 N–H and O–H groups in total. The Hall–Kier alpha value is -2.85. The number of rotatable bonds is 6. The summed E-state index contributed by atoms with van der Waals surface area (Å²) in [6.45, 7) is 4.21.